The zero-order valence-corrected chi connectivity index (χ0v) is 13.1. The number of benzene rings is 1. The molecule has 0 bridgehead atoms. The summed E-state index contributed by atoms with van der Waals surface area (Å²) < 4.78 is 12.2. The summed E-state index contributed by atoms with van der Waals surface area (Å²) in [5.41, 5.74) is 0.379. The Morgan fingerprint density at radius 3 is 2.81 bits per heavy atom. The first kappa shape index (κ1) is 14.5. The number of ether oxygens (including phenoxy) is 2. The summed E-state index contributed by atoms with van der Waals surface area (Å²) in [6.07, 6.45) is -0.239. The van der Waals surface area contributed by atoms with Crippen molar-refractivity contribution in [1.29, 1.82) is 0 Å². The summed E-state index contributed by atoms with van der Waals surface area (Å²) in [6.45, 7) is 0.715. The Balaban J connectivity index is 1.59. The number of hydrogen-bond donors (Lipinski definition) is 1. The zero-order chi connectivity index (χ0) is 14.8. The second-order valence-corrected chi connectivity index (χ2v) is 6.73. The zero-order valence-electron chi connectivity index (χ0n) is 10.8. The van der Waals surface area contributed by atoms with E-state index in [9.17, 15) is 4.79 Å². The number of thiophene rings is 1. The molecule has 1 aromatic heterocycles. The van der Waals surface area contributed by atoms with Crippen LogP contribution in [0.5, 0.6) is 11.5 Å². The predicted molar refractivity (Wildman–Crippen MR) is 83.0 cm³/mol. The summed E-state index contributed by atoms with van der Waals surface area (Å²) >= 11 is 12.9. The molecule has 1 atom stereocenters. The van der Waals surface area contributed by atoms with Crippen molar-refractivity contribution in [3.05, 3.63) is 44.6 Å². The summed E-state index contributed by atoms with van der Waals surface area (Å²) in [6, 6.07) is 8.98. The average molecular weight is 344 g/mol. The van der Waals surface area contributed by atoms with Crippen LogP contribution in [0.3, 0.4) is 0 Å². The van der Waals surface area contributed by atoms with Crippen LogP contribution < -0.4 is 14.8 Å². The Bertz CT molecular complexity index is 674. The smallest absolute Gasteiger partial charge is 0.253 e. The molecule has 3 rings (SSSR count). The van der Waals surface area contributed by atoms with Gasteiger partial charge in [-0.25, -0.2) is 0 Å². The van der Waals surface area contributed by atoms with Crippen molar-refractivity contribution in [2.45, 2.75) is 6.10 Å². The fraction of sp³-hybridized carbons (Fsp3) is 0.214. The topological polar surface area (TPSA) is 47.6 Å². The van der Waals surface area contributed by atoms with Gasteiger partial charge < -0.3 is 14.8 Å². The lowest BCUT2D eigenvalue weighted by molar-refractivity contribution is 0.0789. The highest BCUT2D eigenvalue weighted by Gasteiger charge is 2.22. The van der Waals surface area contributed by atoms with Gasteiger partial charge in [-0.05, 0) is 18.2 Å². The molecule has 2 aromatic rings. The van der Waals surface area contributed by atoms with Gasteiger partial charge >= 0.3 is 0 Å². The van der Waals surface area contributed by atoms with Gasteiger partial charge in [-0.15, -0.1) is 11.3 Å². The van der Waals surface area contributed by atoms with Crippen LogP contribution in [-0.2, 0) is 0 Å². The Labute approximate surface area is 135 Å². The molecule has 0 unspecified atom stereocenters. The Hall–Kier alpha value is -1.43. The number of halogens is 2. The second-order valence-electron chi connectivity index (χ2n) is 4.45. The Kier molecular flexibility index (Phi) is 4.24. The van der Waals surface area contributed by atoms with Gasteiger partial charge in [-0.1, -0.05) is 35.3 Å². The summed E-state index contributed by atoms with van der Waals surface area (Å²) in [7, 11) is 0. The third-order valence-corrected chi connectivity index (χ3v) is 4.45. The maximum Gasteiger partial charge on any atom is 0.253 e. The van der Waals surface area contributed by atoms with Crippen LogP contribution in [0.25, 0.3) is 0 Å². The normalized spacial score (nSPS) is 16.6. The van der Waals surface area contributed by atoms with E-state index in [0.717, 1.165) is 11.3 Å². The lowest BCUT2D eigenvalue weighted by Crippen LogP contribution is -2.40. The van der Waals surface area contributed by atoms with Gasteiger partial charge in [0, 0.05) is 0 Å². The van der Waals surface area contributed by atoms with Crippen LogP contribution >= 0.6 is 34.5 Å². The minimum absolute atomic E-state index is 0.239. The SMILES string of the molecule is O=C(NC[C@H]1COc2ccccc2O1)c1cc(Cl)sc1Cl. The number of hydrogen-bond acceptors (Lipinski definition) is 4. The van der Waals surface area contributed by atoms with Crippen LogP contribution in [0.4, 0.5) is 0 Å². The molecule has 0 fully saturated rings. The maximum absolute atomic E-state index is 12.0. The molecule has 2 heterocycles. The first-order valence-electron chi connectivity index (χ1n) is 6.25. The monoisotopic (exact) mass is 343 g/mol. The quantitative estimate of drug-likeness (QED) is 0.925. The molecule has 0 radical (unpaired) electrons. The van der Waals surface area contributed by atoms with Gasteiger partial charge in [0.25, 0.3) is 5.91 Å². The van der Waals surface area contributed by atoms with Crippen molar-refractivity contribution in [3.8, 4) is 11.5 Å². The van der Waals surface area contributed by atoms with Crippen molar-refractivity contribution in [1.82, 2.24) is 5.32 Å². The van der Waals surface area contributed by atoms with Gasteiger partial charge in [0.05, 0.1) is 16.4 Å². The average Bonchev–Trinajstić information content (AvgIpc) is 2.83. The van der Waals surface area contributed by atoms with Crippen LogP contribution in [0.15, 0.2) is 30.3 Å². The Morgan fingerprint density at radius 2 is 2.10 bits per heavy atom. The molecule has 21 heavy (non-hydrogen) atoms. The van der Waals surface area contributed by atoms with E-state index < -0.39 is 0 Å². The van der Waals surface area contributed by atoms with E-state index in [-0.39, 0.29) is 12.0 Å². The fourth-order valence-corrected chi connectivity index (χ4v) is 3.42. The number of fused-ring (bicyclic) bond motifs is 1. The first-order valence-corrected chi connectivity index (χ1v) is 7.82. The van der Waals surface area contributed by atoms with Crippen molar-refractivity contribution in [2.75, 3.05) is 13.2 Å². The molecule has 0 saturated carbocycles. The summed E-state index contributed by atoms with van der Waals surface area (Å²) in [4.78, 5) is 12.0. The van der Waals surface area contributed by atoms with E-state index in [2.05, 4.69) is 5.32 Å². The molecule has 0 spiro atoms. The maximum atomic E-state index is 12.0. The van der Waals surface area contributed by atoms with E-state index in [1.54, 1.807) is 6.07 Å². The van der Waals surface area contributed by atoms with Crippen LogP contribution in [-0.4, -0.2) is 25.2 Å². The highest BCUT2D eigenvalue weighted by molar-refractivity contribution is 7.20. The van der Waals surface area contributed by atoms with E-state index in [4.69, 9.17) is 32.7 Å². The third-order valence-electron chi connectivity index (χ3n) is 2.96. The number of nitrogens with one attached hydrogen (secondary N) is 1. The standard InChI is InChI=1S/C14H11Cl2NO3S/c15-12-5-9(13(16)21-12)14(18)17-6-8-7-19-10-3-1-2-4-11(10)20-8/h1-5,8H,6-7H2,(H,17,18)/t8-/m0/s1. The number of amides is 1. The van der Waals surface area contributed by atoms with Crippen LogP contribution in [0.1, 0.15) is 10.4 Å². The summed E-state index contributed by atoms with van der Waals surface area (Å²) in [5, 5.41) is 2.77. The molecule has 4 nitrogen and oxygen atoms in total. The highest BCUT2D eigenvalue weighted by atomic mass is 35.5. The molecule has 0 saturated heterocycles. The number of carbonyl (C=O) groups excluding carboxylic acids is 1. The fourth-order valence-electron chi connectivity index (χ4n) is 1.96. The molecule has 1 amide bonds. The Morgan fingerprint density at radius 1 is 1.33 bits per heavy atom. The van der Waals surface area contributed by atoms with E-state index >= 15 is 0 Å². The molecule has 1 aliphatic rings. The molecule has 1 aromatic carbocycles. The summed E-state index contributed by atoms with van der Waals surface area (Å²) in [5.74, 6) is 1.12. The molecule has 1 aliphatic heterocycles. The molecular formula is C14H11Cl2NO3S. The first-order chi connectivity index (χ1) is 10.1. The molecule has 1 N–H and O–H groups in total. The van der Waals surface area contributed by atoms with Gasteiger partial charge in [-0.2, -0.15) is 0 Å². The number of rotatable bonds is 3. The molecule has 0 aliphatic carbocycles. The van der Waals surface area contributed by atoms with Gasteiger partial charge in [-0.3, -0.25) is 4.79 Å². The van der Waals surface area contributed by atoms with Gasteiger partial charge in [0.1, 0.15) is 17.0 Å². The minimum Gasteiger partial charge on any atom is -0.486 e. The van der Waals surface area contributed by atoms with Gasteiger partial charge in [0.2, 0.25) is 0 Å². The third kappa shape index (κ3) is 3.26. The van der Waals surface area contributed by atoms with Crippen LogP contribution in [0.2, 0.25) is 8.67 Å². The van der Waals surface area contributed by atoms with Crippen molar-refractivity contribution >= 4 is 40.4 Å². The van der Waals surface area contributed by atoms with Crippen LogP contribution in [0, 0.1) is 0 Å². The van der Waals surface area contributed by atoms with E-state index in [0.29, 0.717) is 38.9 Å². The number of para-hydroxylation sites is 2. The second kappa shape index (κ2) is 6.13. The van der Waals surface area contributed by atoms with Gasteiger partial charge in [0.15, 0.2) is 11.5 Å². The van der Waals surface area contributed by atoms with Crippen molar-refractivity contribution < 1.29 is 14.3 Å². The predicted octanol–water partition coefficient (Wildman–Crippen LogP) is 3.62. The van der Waals surface area contributed by atoms with E-state index in [1.807, 2.05) is 24.3 Å². The molecular weight excluding hydrogens is 333 g/mol. The number of carbonyl (C=O) groups is 1. The molecule has 7 heteroatoms. The minimum atomic E-state index is -0.273. The lowest BCUT2D eigenvalue weighted by Gasteiger charge is -2.26. The largest absolute Gasteiger partial charge is 0.486 e. The van der Waals surface area contributed by atoms with E-state index in [1.165, 1.54) is 0 Å². The lowest BCUT2D eigenvalue weighted by atomic mass is 10.2. The van der Waals surface area contributed by atoms with Crippen molar-refractivity contribution in [3.63, 3.8) is 0 Å². The van der Waals surface area contributed by atoms with Crippen molar-refractivity contribution in [2.24, 2.45) is 0 Å². The highest BCUT2D eigenvalue weighted by Crippen LogP contribution is 2.32. The molecule has 110 valence electrons.